The maximum Gasteiger partial charge on any atom is 0.416 e. The molecule has 1 heterocycles. The van der Waals surface area contributed by atoms with Gasteiger partial charge in [-0.2, -0.15) is 13.2 Å². The number of benzene rings is 3. The Hall–Kier alpha value is -3.01. The summed E-state index contributed by atoms with van der Waals surface area (Å²) in [5, 5.41) is 0.366. The first-order valence-corrected chi connectivity index (χ1v) is 12.2. The Bertz CT molecular complexity index is 1550. The number of ether oxygens (including phenoxy) is 1. The first kappa shape index (κ1) is 25.1. The van der Waals surface area contributed by atoms with Crippen LogP contribution >= 0.6 is 23.2 Å². The van der Waals surface area contributed by atoms with Crippen LogP contribution < -0.4 is 0 Å². The summed E-state index contributed by atoms with van der Waals surface area (Å²) >= 11 is 12.7. The van der Waals surface area contributed by atoms with Crippen LogP contribution in [-0.2, 0) is 27.4 Å². The topological polar surface area (TPSA) is 65.4 Å². The van der Waals surface area contributed by atoms with Crippen LogP contribution in [0.2, 0.25) is 10.0 Å². The summed E-state index contributed by atoms with van der Waals surface area (Å²) in [5.74, 6) is -0.722. The fraction of sp³-hybridized carbons (Fsp3) is 0.125. The third-order valence-electron chi connectivity index (χ3n) is 5.39. The van der Waals surface area contributed by atoms with Crippen LogP contribution in [0.15, 0.2) is 71.6 Å². The van der Waals surface area contributed by atoms with E-state index in [1.54, 1.807) is 6.07 Å². The maximum absolute atomic E-state index is 13.6. The summed E-state index contributed by atoms with van der Waals surface area (Å²) in [5.41, 5.74) is -0.812. The van der Waals surface area contributed by atoms with E-state index in [0.717, 1.165) is 16.1 Å². The Morgan fingerprint density at radius 2 is 1.69 bits per heavy atom. The number of fused-ring (bicyclic) bond motifs is 1. The highest BCUT2D eigenvalue weighted by atomic mass is 35.5. The average Bonchev–Trinajstić information content (AvgIpc) is 3.19. The number of carbonyl (C=O) groups is 1. The van der Waals surface area contributed by atoms with Gasteiger partial charge in [0.15, 0.2) is 0 Å². The first-order chi connectivity index (χ1) is 16.4. The third-order valence-corrected chi connectivity index (χ3v) is 7.96. The van der Waals surface area contributed by atoms with Crippen molar-refractivity contribution in [3.8, 4) is 0 Å². The smallest absolute Gasteiger partial charge is 0.416 e. The molecule has 0 aliphatic heterocycles. The lowest BCUT2D eigenvalue weighted by atomic mass is 10.1. The molecule has 0 fully saturated rings. The zero-order chi connectivity index (χ0) is 25.5. The molecule has 182 valence electrons. The first-order valence-electron chi connectivity index (χ1n) is 10.0. The predicted molar refractivity (Wildman–Crippen MR) is 127 cm³/mol. The molecule has 0 spiro atoms. The number of aromatic nitrogens is 1. The molecule has 1 aromatic heterocycles. The van der Waals surface area contributed by atoms with E-state index in [0.29, 0.717) is 0 Å². The van der Waals surface area contributed by atoms with Crippen LogP contribution in [0, 0.1) is 0 Å². The Morgan fingerprint density at radius 3 is 2.31 bits per heavy atom. The number of esters is 1. The molecule has 4 aromatic rings. The van der Waals surface area contributed by atoms with E-state index in [1.807, 2.05) is 0 Å². The second kappa shape index (κ2) is 9.22. The van der Waals surface area contributed by atoms with Gasteiger partial charge in [-0.25, -0.2) is 17.2 Å². The van der Waals surface area contributed by atoms with E-state index >= 15 is 0 Å². The van der Waals surface area contributed by atoms with Gasteiger partial charge in [0.25, 0.3) is 10.0 Å². The summed E-state index contributed by atoms with van der Waals surface area (Å²) in [6.45, 7) is 0. The van der Waals surface area contributed by atoms with Crippen molar-refractivity contribution in [2.24, 2.45) is 0 Å². The van der Waals surface area contributed by atoms with Gasteiger partial charge in [-0.1, -0.05) is 47.5 Å². The largest absolute Gasteiger partial charge is 0.465 e. The summed E-state index contributed by atoms with van der Waals surface area (Å²) in [4.78, 5) is 12.0. The lowest BCUT2D eigenvalue weighted by molar-refractivity contribution is -0.137. The van der Waals surface area contributed by atoms with Crippen LogP contribution in [0.5, 0.6) is 0 Å². The lowest BCUT2D eigenvalue weighted by Crippen LogP contribution is -2.17. The molecule has 3 aromatic carbocycles. The average molecular weight is 542 g/mol. The molecule has 5 nitrogen and oxygen atoms in total. The molecule has 4 rings (SSSR count). The van der Waals surface area contributed by atoms with Crippen molar-refractivity contribution in [3.05, 3.63) is 99.2 Å². The fourth-order valence-electron chi connectivity index (χ4n) is 3.72. The van der Waals surface area contributed by atoms with Crippen LogP contribution in [0.4, 0.5) is 13.2 Å². The van der Waals surface area contributed by atoms with Crippen molar-refractivity contribution in [2.45, 2.75) is 17.5 Å². The van der Waals surface area contributed by atoms with Gasteiger partial charge in [0.1, 0.15) is 0 Å². The maximum atomic E-state index is 13.6. The second-order valence-electron chi connectivity index (χ2n) is 7.55. The Morgan fingerprint density at radius 1 is 1.00 bits per heavy atom. The number of alkyl halides is 3. The summed E-state index contributed by atoms with van der Waals surface area (Å²) in [6.07, 6.45) is -4.87. The van der Waals surface area contributed by atoms with Gasteiger partial charge in [-0.3, -0.25) is 0 Å². The van der Waals surface area contributed by atoms with Gasteiger partial charge in [0.05, 0.1) is 33.7 Å². The van der Waals surface area contributed by atoms with Gasteiger partial charge in [0.2, 0.25) is 0 Å². The van der Waals surface area contributed by atoms with Gasteiger partial charge in [-0.15, -0.1) is 0 Å². The number of carbonyl (C=O) groups excluding carboxylic acids is 1. The van der Waals surface area contributed by atoms with Crippen LogP contribution in [-0.4, -0.2) is 25.5 Å². The molecular formula is C24H16Cl2F3NO4S. The highest BCUT2D eigenvalue weighted by Gasteiger charge is 2.32. The molecule has 0 saturated carbocycles. The number of methoxy groups -OCH3 is 1. The minimum atomic E-state index is -4.68. The lowest BCUT2D eigenvalue weighted by Gasteiger charge is -2.15. The van der Waals surface area contributed by atoms with Crippen LogP contribution in [0.1, 0.15) is 27.2 Å². The fourth-order valence-corrected chi connectivity index (χ4v) is 5.86. The molecule has 0 amide bonds. The van der Waals surface area contributed by atoms with E-state index in [-0.39, 0.29) is 49.1 Å². The summed E-state index contributed by atoms with van der Waals surface area (Å²) in [7, 11) is -3.14. The second-order valence-corrected chi connectivity index (χ2v) is 10.1. The number of hydrogen-bond donors (Lipinski definition) is 0. The van der Waals surface area contributed by atoms with Crippen molar-refractivity contribution in [3.63, 3.8) is 0 Å². The van der Waals surface area contributed by atoms with Crippen molar-refractivity contribution < 1.29 is 31.1 Å². The van der Waals surface area contributed by atoms with E-state index in [9.17, 15) is 26.4 Å². The summed E-state index contributed by atoms with van der Waals surface area (Å²) in [6, 6.07) is 14.4. The number of nitrogens with zero attached hydrogens (tertiary/aromatic N) is 1. The highest BCUT2D eigenvalue weighted by Crippen LogP contribution is 2.36. The Labute approximate surface area is 208 Å². The molecule has 0 aliphatic carbocycles. The molecule has 35 heavy (non-hydrogen) atoms. The van der Waals surface area contributed by atoms with Gasteiger partial charge in [0, 0.05) is 22.5 Å². The SMILES string of the molecule is COC(=O)c1ccc(Cl)c(Cc2cc3ccc(C(F)(F)F)cc3n2S(=O)(=O)c2ccccc2)c1Cl. The third kappa shape index (κ3) is 4.63. The van der Waals surface area contributed by atoms with Crippen molar-refractivity contribution >= 4 is 50.1 Å². The Kier molecular flexibility index (Phi) is 6.61. The molecule has 0 atom stereocenters. The minimum Gasteiger partial charge on any atom is -0.465 e. The van der Waals surface area contributed by atoms with E-state index < -0.39 is 27.7 Å². The van der Waals surface area contributed by atoms with Crippen LogP contribution in [0.3, 0.4) is 0 Å². The molecule has 0 aliphatic rings. The van der Waals surface area contributed by atoms with Crippen LogP contribution in [0.25, 0.3) is 10.9 Å². The van der Waals surface area contributed by atoms with E-state index in [4.69, 9.17) is 27.9 Å². The van der Waals surface area contributed by atoms with Gasteiger partial charge < -0.3 is 4.74 Å². The monoisotopic (exact) mass is 541 g/mol. The number of hydrogen-bond acceptors (Lipinski definition) is 4. The molecular weight excluding hydrogens is 526 g/mol. The molecule has 0 bridgehead atoms. The number of rotatable bonds is 5. The molecule has 0 unspecified atom stereocenters. The van der Waals surface area contributed by atoms with E-state index in [2.05, 4.69) is 0 Å². The quantitative estimate of drug-likeness (QED) is 0.267. The standard InChI is InChI=1S/C24H16Cl2F3NO4S/c1-34-23(31)18-9-10-20(25)19(22(18)26)13-16-11-14-7-8-15(24(27,28)29)12-21(14)30(16)35(32,33)17-5-3-2-4-6-17/h2-12H,13H2,1H3. The van der Waals surface area contributed by atoms with Crippen molar-refractivity contribution in [2.75, 3.05) is 7.11 Å². The van der Waals surface area contributed by atoms with Gasteiger partial charge in [-0.05, 0) is 48.0 Å². The minimum absolute atomic E-state index is 0.0153. The zero-order valence-electron chi connectivity index (χ0n) is 17.9. The van der Waals surface area contributed by atoms with Crippen molar-refractivity contribution in [1.29, 1.82) is 0 Å². The molecule has 11 heteroatoms. The molecule has 0 saturated heterocycles. The van der Waals surface area contributed by atoms with Crippen molar-refractivity contribution in [1.82, 2.24) is 3.97 Å². The predicted octanol–water partition coefficient (Wildman–Crippen LogP) is 6.58. The normalized spacial score (nSPS) is 12.2. The Balaban J connectivity index is 1.99. The van der Waals surface area contributed by atoms with Gasteiger partial charge >= 0.3 is 12.1 Å². The van der Waals surface area contributed by atoms with E-state index in [1.165, 1.54) is 55.6 Å². The highest BCUT2D eigenvalue weighted by molar-refractivity contribution is 7.90. The zero-order valence-corrected chi connectivity index (χ0v) is 20.3. The molecule has 0 radical (unpaired) electrons. The summed E-state index contributed by atoms with van der Waals surface area (Å²) < 4.78 is 73.1. The number of halogens is 5. The molecule has 0 N–H and O–H groups in total.